The van der Waals surface area contributed by atoms with Gasteiger partial charge in [0.1, 0.15) is 11.4 Å². The summed E-state index contributed by atoms with van der Waals surface area (Å²) in [5, 5.41) is 0.833. The van der Waals surface area contributed by atoms with Crippen LogP contribution < -0.4 is 5.63 Å². The van der Waals surface area contributed by atoms with Crippen molar-refractivity contribution in [2.75, 3.05) is 0 Å². The third kappa shape index (κ3) is 3.93. The van der Waals surface area contributed by atoms with Gasteiger partial charge in [-0.2, -0.15) is 0 Å². The van der Waals surface area contributed by atoms with Crippen LogP contribution in [0.15, 0.2) is 51.7 Å². The Morgan fingerprint density at radius 2 is 1.57 bits per heavy atom. The molecule has 148 valence electrons. The van der Waals surface area contributed by atoms with Gasteiger partial charge in [0.2, 0.25) is 0 Å². The summed E-state index contributed by atoms with van der Waals surface area (Å²) in [5.41, 5.74) is -1.11. The summed E-state index contributed by atoms with van der Waals surface area (Å²) in [6.45, 7) is 9.83. The zero-order valence-corrected chi connectivity index (χ0v) is 18.1. The average Bonchev–Trinajstić information content (AvgIpc) is 2.62. The molecule has 0 saturated heterocycles. The highest BCUT2D eigenvalue weighted by molar-refractivity contribution is 6.31. The second-order valence-electron chi connectivity index (χ2n) is 8.60. The third-order valence-electron chi connectivity index (χ3n) is 4.47. The molecule has 0 unspecified atom stereocenters. The number of hydrogen-bond acceptors (Lipinski definition) is 3. The van der Waals surface area contributed by atoms with Crippen LogP contribution in [0.25, 0.3) is 21.9 Å². The number of benzene rings is 2. The van der Waals surface area contributed by atoms with E-state index < -0.39 is 32.6 Å². The fourth-order valence-electron chi connectivity index (χ4n) is 3.05. The monoisotopic (exact) mass is 402 g/mol. The van der Waals surface area contributed by atoms with E-state index in [2.05, 4.69) is 20.8 Å². The second-order valence-corrected chi connectivity index (χ2v) is 11.3. The van der Waals surface area contributed by atoms with E-state index in [0.717, 1.165) is 6.07 Å². The van der Waals surface area contributed by atoms with Gasteiger partial charge in [-0.3, -0.25) is 0 Å². The van der Waals surface area contributed by atoms with E-state index in [4.69, 9.17) is 8.84 Å². The lowest BCUT2D eigenvalue weighted by Gasteiger charge is -2.30. The van der Waals surface area contributed by atoms with Crippen LogP contribution in [0.3, 0.4) is 0 Å². The van der Waals surface area contributed by atoms with Gasteiger partial charge in [-0.25, -0.2) is 13.6 Å². The first kappa shape index (κ1) is 20.4. The predicted octanol–water partition coefficient (Wildman–Crippen LogP) is 5.29. The predicted molar refractivity (Wildman–Crippen MR) is 110 cm³/mol. The maximum atomic E-state index is 14.7. The lowest BCUT2D eigenvalue weighted by Crippen LogP contribution is -2.29. The van der Waals surface area contributed by atoms with Crippen LogP contribution in [0.2, 0.25) is 5.04 Å². The first-order chi connectivity index (χ1) is 13.0. The van der Waals surface area contributed by atoms with Crippen molar-refractivity contribution >= 4 is 20.5 Å². The Labute approximate surface area is 165 Å². The van der Waals surface area contributed by atoms with E-state index in [1.165, 1.54) is 12.1 Å². The minimum atomic E-state index is -1.01. The van der Waals surface area contributed by atoms with Crippen LogP contribution >= 0.6 is 0 Å². The Bertz CT molecular complexity index is 1080. The van der Waals surface area contributed by atoms with Crippen molar-refractivity contribution in [3.05, 3.63) is 70.3 Å². The van der Waals surface area contributed by atoms with Gasteiger partial charge in [-0.05, 0) is 31.0 Å². The van der Waals surface area contributed by atoms with Crippen LogP contribution in [0, 0.1) is 11.6 Å². The molecule has 1 heterocycles. The molecule has 0 bridgehead atoms. The van der Waals surface area contributed by atoms with Crippen LogP contribution in [-0.2, 0) is 10.0 Å². The molecule has 6 heteroatoms. The highest BCUT2D eigenvalue weighted by atomic mass is 28.2. The van der Waals surface area contributed by atoms with Gasteiger partial charge in [-0.15, -0.1) is 0 Å². The lowest BCUT2D eigenvalue weighted by atomic mass is 9.91. The molecule has 0 aliphatic rings. The Morgan fingerprint density at radius 1 is 0.929 bits per heavy atom. The Balaban J connectivity index is 2.34. The van der Waals surface area contributed by atoms with Crippen molar-refractivity contribution in [2.24, 2.45) is 0 Å². The van der Waals surface area contributed by atoms with Crippen LogP contribution in [0.1, 0.15) is 40.4 Å². The Morgan fingerprint density at radius 3 is 2.21 bits per heavy atom. The maximum Gasteiger partial charge on any atom is 0.343 e. The summed E-state index contributed by atoms with van der Waals surface area (Å²) in [6.07, 6.45) is 0. The van der Waals surface area contributed by atoms with E-state index in [9.17, 15) is 13.6 Å². The van der Waals surface area contributed by atoms with Crippen molar-refractivity contribution in [1.82, 2.24) is 0 Å². The van der Waals surface area contributed by atoms with E-state index >= 15 is 0 Å². The zero-order chi connectivity index (χ0) is 20.7. The van der Waals surface area contributed by atoms with Gasteiger partial charge in [0.15, 0.2) is 21.4 Å². The molecule has 3 aromatic rings. The molecule has 3 rings (SSSR count). The smallest absolute Gasteiger partial charge is 0.343 e. The summed E-state index contributed by atoms with van der Waals surface area (Å²) in [7, 11) is -1.01. The largest absolute Gasteiger partial charge is 0.424 e. The molecule has 1 aromatic heterocycles. The van der Waals surface area contributed by atoms with Crippen molar-refractivity contribution < 1.29 is 17.6 Å². The molecule has 0 saturated carbocycles. The quantitative estimate of drug-likeness (QED) is 0.557. The zero-order valence-electron chi connectivity index (χ0n) is 16.7. The number of rotatable bonds is 4. The highest BCUT2D eigenvalue weighted by Crippen LogP contribution is 2.40. The first-order valence-electron chi connectivity index (χ1n) is 9.16. The average molecular weight is 403 g/mol. The fourth-order valence-corrected chi connectivity index (χ4v) is 3.98. The number of hydrogen-bond donors (Lipinski definition) is 0. The molecular formula is C22H24F2O3Si. The molecule has 28 heavy (non-hydrogen) atoms. The highest BCUT2D eigenvalue weighted by Gasteiger charge is 2.33. The molecule has 3 nitrogen and oxygen atoms in total. The van der Waals surface area contributed by atoms with Crippen LogP contribution in [0.4, 0.5) is 8.78 Å². The van der Waals surface area contributed by atoms with Gasteiger partial charge in [0.05, 0.1) is 5.39 Å². The van der Waals surface area contributed by atoms with Gasteiger partial charge >= 0.3 is 5.63 Å². The van der Waals surface area contributed by atoms with E-state index in [-0.39, 0.29) is 16.4 Å². The minimum absolute atomic E-state index is 0.0126. The summed E-state index contributed by atoms with van der Waals surface area (Å²) in [4.78, 5) is 12.6. The standard InChI is InChI=1S/C22H24F2O3Si/c1-21(2,3)28-27-22(4,5)19-17(15-11-8-12-16(23)18(15)24)13-9-6-7-10-14(13)20(25)26-19/h6-12H,28H2,1-5H3. The molecule has 0 amide bonds. The third-order valence-corrected chi connectivity index (χ3v) is 6.20. The van der Waals surface area contributed by atoms with Gasteiger partial charge < -0.3 is 8.84 Å². The SMILES string of the molecule is CC(C)(C)[SiH2]OC(C)(C)c1oc(=O)c2ccccc2c1-c1cccc(F)c1F. The molecule has 0 aliphatic carbocycles. The minimum Gasteiger partial charge on any atom is -0.424 e. The maximum absolute atomic E-state index is 14.7. The van der Waals surface area contributed by atoms with Gasteiger partial charge in [0.25, 0.3) is 0 Å². The van der Waals surface area contributed by atoms with Crippen molar-refractivity contribution in [2.45, 2.75) is 45.3 Å². The lowest BCUT2D eigenvalue weighted by molar-refractivity contribution is 0.0804. The summed E-state index contributed by atoms with van der Waals surface area (Å²) in [6, 6.07) is 10.8. The number of fused-ring (bicyclic) bond motifs is 1. The van der Waals surface area contributed by atoms with E-state index in [0.29, 0.717) is 16.3 Å². The van der Waals surface area contributed by atoms with Crippen LogP contribution in [-0.4, -0.2) is 9.76 Å². The van der Waals surface area contributed by atoms with Crippen molar-refractivity contribution in [1.29, 1.82) is 0 Å². The topological polar surface area (TPSA) is 39.4 Å². The molecule has 0 atom stereocenters. The van der Waals surface area contributed by atoms with E-state index in [1.807, 2.05) is 0 Å². The van der Waals surface area contributed by atoms with Crippen LogP contribution in [0.5, 0.6) is 0 Å². The summed E-state index contributed by atoms with van der Waals surface area (Å²) >= 11 is 0. The molecular weight excluding hydrogens is 378 g/mol. The van der Waals surface area contributed by atoms with E-state index in [1.54, 1.807) is 38.1 Å². The Kier molecular flexibility index (Phi) is 5.29. The van der Waals surface area contributed by atoms with Gasteiger partial charge in [-0.1, -0.05) is 51.1 Å². The normalized spacial score (nSPS) is 13.0. The summed E-state index contributed by atoms with van der Waals surface area (Å²) in [5.74, 6) is -1.73. The molecule has 0 radical (unpaired) electrons. The van der Waals surface area contributed by atoms with Crippen molar-refractivity contribution in [3.8, 4) is 11.1 Å². The molecule has 0 fully saturated rings. The fraction of sp³-hybridized carbons (Fsp3) is 0.318. The van der Waals surface area contributed by atoms with Crippen molar-refractivity contribution in [3.63, 3.8) is 0 Å². The molecule has 0 spiro atoms. The molecule has 2 aromatic carbocycles. The molecule has 0 aliphatic heterocycles. The number of halogens is 2. The molecule has 0 N–H and O–H groups in total. The summed E-state index contributed by atoms with van der Waals surface area (Å²) < 4.78 is 40.6. The Hall–Kier alpha value is -2.31. The first-order valence-corrected chi connectivity index (χ1v) is 10.4. The second kappa shape index (κ2) is 7.26. The van der Waals surface area contributed by atoms with Gasteiger partial charge in [0, 0.05) is 16.5 Å².